The Morgan fingerprint density at radius 2 is 1.67 bits per heavy atom. The van der Waals surface area contributed by atoms with Gasteiger partial charge in [0.2, 0.25) is 11.8 Å². The van der Waals surface area contributed by atoms with Crippen LogP contribution in [0, 0.1) is 0 Å². The van der Waals surface area contributed by atoms with Gasteiger partial charge in [0.25, 0.3) is 5.91 Å². The van der Waals surface area contributed by atoms with Crippen molar-refractivity contribution in [1.82, 2.24) is 20.0 Å². The van der Waals surface area contributed by atoms with Crippen molar-refractivity contribution >= 4 is 29.1 Å². The molecule has 0 radical (unpaired) electrons. The van der Waals surface area contributed by atoms with Crippen LogP contribution in [-0.4, -0.2) is 84.8 Å². The van der Waals surface area contributed by atoms with Crippen LogP contribution in [0.3, 0.4) is 0 Å². The molecule has 0 spiro atoms. The van der Waals surface area contributed by atoms with E-state index in [4.69, 9.17) is 0 Å². The minimum Gasteiger partial charge on any atom is -0.351 e. The third-order valence-electron chi connectivity index (χ3n) is 5.17. The van der Waals surface area contributed by atoms with E-state index in [1.165, 1.54) is 11.3 Å². The lowest BCUT2D eigenvalue weighted by molar-refractivity contribution is -0.131. The van der Waals surface area contributed by atoms with Crippen LogP contribution < -0.4 is 5.32 Å². The Hall–Kier alpha value is -1.93. The van der Waals surface area contributed by atoms with Gasteiger partial charge in [0, 0.05) is 63.2 Å². The highest BCUT2D eigenvalue weighted by Crippen LogP contribution is 2.10. The first-order chi connectivity index (χ1) is 13.1. The molecule has 3 heterocycles. The number of carbonyl (C=O) groups is 3. The molecule has 2 aliphatic heterocycles. The molecule has 0 saturated carbocycles. The maximum absolute atomic E-state index is 12.4. The van der Waals surface area contributed by atoms with Crippen molar-refractivity contribution in [3.63, 3.8) is 0 Å². The van der Waals surface area contributed by atoms with Crippen LogP contribution in [0.25, 0.3) is 0 Å². The molecule has 3 amide bonds. The van der Waals surface area contributed by atoms with E-state index in [0.717, 1.165) is 45.4 Å². The molecule has 1 aromatic rings. The van der Waals surface area contributed by atoms with Crippen molar-refractivity contribution < 1.29 is 14.4 Å². The zero-order valence-electron chi connectivity index (χ0n) is 15.7. The maximum Gasteiger partial charge on any atom is 0.252 e. The first kappa shape index (κ1) is 19.8. The summed E-state index contributed by atoms with van der Waals surface area (Å²) in [5.74, 6) is 0.142. The number of carbonyl (C=O) groups excluding carboxylic acids is 3. The van der Waals surface area contributed by atoms with Crippen molar-refractivity contribution in [3.05, 3.63) is 22.4 Å². The second-order valence-electron chi connectivity index (χ2n) is 7.12. The predicted octanol–water partition coefficient (Wildman–Crippen LogP) is 1.02. The van der Waals surface area contributed by atoms with Crippen LogP contribution >= 0.6 is 11.3 Å². The van der Waals surface area contributed by atoms with Gasteiger partial charge in [-0.15, -0.1) is 0 Å². The van der Waals surface area contributed by atoms with Crippen LogP contribution in [0.1, 0.15) is 36.0 Å². The highest BCUT2D eigenvalue weighted by molar-refractivity contribution is 7.08. The summed E-state index contributed by atoms with van der Waals surface area (Å²) in [5, 5.41) is 6.45. The molecule has 8 heteroatoms. The highest BCUT2D eigenvalue weighted by atomic mass is 32.1. The van der Waals surface area contributed by atoms with Gasteiger partial charge in [-0.1, -0.05) is 0 Å². The summed E-state index contributed by atoms with van der Waals surface area (Å²) < 4.78 is 0. The fourth-order valence-corrected chi connectivity index (χ4v) is 4.21. The average Bonchev–Trinajstić information content (AvgIpc) is 3.33. The molecule has 0 bridgehead atoms. The lowest BCUT2D eigenvalue weighted by atomic mass is 10.3. The van der Waals surface area contributed by atoms with Crippen molar-refractivity contribution in [2.75, 3.05) is 52.4 Å². The maximum atomic E-state index is 12.4. The fourth-order valence-electron chi connectivity index (χ4n) is 3.57. The average molecular weight is 393 g/mol. The van der Waals surface area contributed by atoms with Crippen LogP contribution in [-0.2, 0) is 9.59 Å². The molecule has 0 aromatic carbocycles. The third kappa shape index (κ3) is 5.77. The van der Waals surface area contributed by atoms with E-state index in [1.54, 1.807) is 11.4 Å². The third-order valence-corrected chi connectivity index (χ3v) is 5.85. The second kappa shape index (κ2) is 9.85. The van der Waals surface area contributed by atoms with Crippen molar-refractivity contribution in [1.29, 1.82) is 0 Å². The molecule has 1 aromatic heterocycles. The van der Waals surface area contributed by atoms with Gasteiger partial charge >= 0.3 is 0 Å². The molecule has 148 valence electrons. The van der Waals surface area contributed by atoms with E-state index in [-0.39, 0.29) is 17.7 Å². The van der Waals surface area contributed by atoms with Gasteiger partial charge in [-0.2, -0.15) is 11.3 Å². The Labute approximate surface area is 164 Å². The van der Waals surface area contributed by atoms with Crippen molar-refractivity contribution in [2.45, 2.75) is 25.7 Å². The molecule has 27 heavy (non-hydrogen) atoms. The first-order valence-electron chi connectivity index (χ1n) is 9.72. The van der Waals surface area contributed by atoms with E-state index in [0.29, 0.717) is 38.2 Å². The Balaban J connectivity index is 1.37. The Morgan fingerprint density at radius 3 is 2.41 bits per heavy atom. The minimum absolute atomic E-state index is 0.0633. The number of likely N-dealkylation sites (tertiary alicyclic amines) is 1. The van der Waals surface area contributed by atoms with E-state index >= 15 is 0 Å². The molecule has 2 saturated heterocycles. The highest BCUT2D eigenvalue weighted by Gasteiger charge is 2.23. The van der Waals surface area contributed by atoms with Crippen LogP contribution in [0.15, 0.2) is 16.8 Å². The Morgan fingerprint density at radius 1 is 0.926 bits per heavy atom. The van der Waals surface area contributed by atoms with Crippen LogP contribution in [0.4, 0.5) is 0 Å². The normalized spacial score (nSPS) is 18.4. The summed E-state index contributed by atoms with van der Waals surface area (Å²) in [7, 11) is 0. The van der Waals surface area contributed by atoms with Crippen LogP contribution in [0.2, 0.25) is 0 Å². The summed E-state index contributed by atoms with van der Waals surface area (Å²) in [6.07, 6.45) is 3.40. The lowest BCUT2D eigenvalue weighted by Gasteiger charge is -2.24. The van der Waals surface area contributed by atoms with Crippen molar-refractivity contribution in [2.24, 2.45) is 0 Å². The van der Waals surface area contributed by atoms with Gasteiger partial charge in [-0.3, -0.25) is 19.3 Å². The zero-order chi connectivity index (χ0) is 19.1. The largest absolute Gasteiger partial charge is 0.351 e. The van der Waals surface area contributed by atoms with Gasteiger partial charge in [0.05, 0.1) is 6.54 Å². The van der Waals surface area contributed by atoms with Gasteiger partial charge in [0.1, 0.15) is 0 Å². The molecule has 7 nitrogen and oxygen atoms in total. The summed E-state index contributed by atoms with van der Waals surface area (Å²) in [6.45, 7) is 5.50. The summed E-state index contributed by atoms with van der Waals surface area (Å²) in [6, 6.07) is 1.77. The molecule has 2 fully saturated rings. The fraction of sp³-hybridized carbons (Fsp3) is 0.632. The SMILES string of the molecule is O=C(NCCC(=O)N1CCCN(CC(=O)N2CCCC2)CC1)c1ccsc1. The number of amides is 3. The van der Waals surface area contributed by atoms with Crippen LogP contribution in [0.5, 0.6) is 0 Å². The van der Waals surface area contributed by atoms with E-state index in [9.17, 15) is 14.4 Å². The number of nitrogens with one attached hydrogen (secondary N) is 1. The molecule has 2 aliphatic rings. The molecule has 1 N–H and O–H groups in total. The monoisotopic (exact) mass is 392 g/mol. The topological polar surface area (TPSA) is 73.0 Å². The Kier molecular flexibility index (Phi) is 7.23. The lowest BCUT2D eigenvalue weighted by Crippen LogP contribution is -2.41. The molecule has 0 aliphatic carbocycles. The summed E-state index contributed by atoms with van der Waals surface area (Å²) in [4.78, 5) is 42.6. The van der Waals surface area contributed by atoms with E-state index < -0.39 is 0 Å². The van der Waals surface area contributed by atoms with E-state index in [1.807, 2.05) is 15.2 Å². The molecular formula is C19H28N4O3S. The van der Waals surface area contributed by atoms with Gasteiger partial charge < -0.3 is 15.1 Å². The quantitative estimate of drug-likeness (QED) is 0.785. The number of hydrogen-bond donors (Lipinski definition) is 1. The number of rotatable bonds is 6. The molecule has 0 unspecified atom stereocenters. The van der Waals surface area contributed by atoms with E-state index in [2.05, 4.69) is 10.2 Å². The molecule has 3 rings (SSSR count). The van der Waals surface area contributed by atoms with Gasteiger partial charge in [-0.25, -0.2) is 0 Å². The van der Waals surface area contributed by atoms with Crippen molar-refractivity contribution in [3.8, 4) is 0 Å². The standard InChI is InChI=1S/C19H28N4O3S/c24-17(4-6-20-19(26)16-5-13-27-15-16)23-10-3-7-21(11-12-23)14-18(25)22-8-1-2-9-22/h5,13,15H,1-4,6-12,14H2,(H,20,26). The molecule has 0 atom stereocenters. The number of nitrogens with zero attached hydrogens (tertiary/aromatic N) is 3. The smallest absolute Gasteiger partial charge is 0.252 e. The summed E-state index contributed by atoms with van der Waals surface area (Å²) >= 11 is 1.48. The van der Waals surface area contributed by atoms with Gasteiger partial charge in [-0.05, 0) is 30.7 Å². The Bertz CT molecular complexity index is 643. The number of thiophene rings is 1. The zero-order valence-corrected chi connectivity index (χ0v) is 16.5. The second-order valence-corrected chi connectivity index (χ2v) is 7.90. The summed E-state index contributed by atoms with van der Waals surface area (Å²) in [5.41, 5.74) is 0.639. The first-order valence-corrected chi connectivity index (χ1v) is 10.7. The molecular weight excluding hydrogens is 364 g/mol. The predicted molar refractivity (Wildman–Crippen MR) is 105 cm³/mol. The minimum atomic E-state index is -0.133. The number of hydrogen-bond acceptors (Lipinski definition) is 5. The van der Waals surface area contributed by atoms with Gasteiger partial charge in [0.15, 0.2) is 0 Å².